The highest BCUT2D eigenvalue weighted by atomic mass is 16.5. The van der Waals surface area contributed by atoms with Gasteiger partial charge in [0.2, 0.25) is 0 Å². The summed E-state index contributed by atoms with van der Waals surface area (Å²) in [5.74, 6) is 2.55. The van der Waals surface area contributed by atoms with Gasteiger partial charge in [-0.3, -0.25) is 0 Å². The lowest BCUT2D eigenvalue weighted by molar-refractivity contribution is 0.415. The van der Waals surface area contributed by atoms with Crippen LogP contribution in [-0.2, 0) is 0 Å². The fourth-order valence-electron chi connectivity index (χ4n) is 2.05. The standard InChI is InChI=1S/C13H20N2O/c1-9-4-10(9)8-15(2)12-5-11(14)6-13(7-12)16-3/h5-7,9-10H,4,8,14H2,1-3H3. The zero-order valence-electron chi connectivity index (χ0n) is 10.2. The van der Waals surface area contributed by atoms with Gasteiger partial charge in [0.25, 0.3) is 0 Å². The number of rotatable bonds is 4. The minimum atomic E-state index is 0.755. The SMILES string of the molecule is COc1cc(N)cc(N(C)CC2CC2C)c1. The summed E-state index contributed by atoms with van der Waals surface area (Å²) < 4.78 is 5.22. The second-order valence-corrected chi connectivity index (χ2v) is 4.82. The van der Waals surface area contributed by atoms with Crippen LogP contribution < -0.4 is 15.4 Å². The molecular formula is C13H20N2O. The number of hydrogen-bond donors (Lipinski definition) is 1. The highest BCUT2D eigenvalue weighted by molar-refractivity contribution is 5.60. The van der Waals surface area contributed by atoms with Crippen molar-refractivity contribution in [2.45, 2.75) is 13.3 Å². The maximum Gasteiger partial charge on any atom is 0.122 e. The molecule has 1 aliphatic carbocycles. The minimum Gasteiger partial charge on any atom is -0.497 e. The summed E-state index contributed by atoms with van der Waals surface area (Å²) in [6.45, 7) is 3.41. The molecule has 0 radical (unpaired) electrons. The third kappa shape index (κ3) is 2.40. The molecule has 1 fully saturated rings. The van der Waals surface area contributed by atoms with E-state index >= 15 is 0 Å². The molecule has 0 aromatic heterocycles. The van der Waals surface area contributed by atoms with E-state index in [1.807, 2.05) is 18.2 Å². The van der Waals surface area contributed by atoms with E-state index in [0.29, 0.717) is 0 Å². The fraction of sp³-hybridized carbons (Fsp3) is 0.538. The summed E-state index contributed by atoms with van der Waals surface area (Å²) in [6.07, 6.45) is 1.35. The molecule has 2 rings (SSSR count). The highest BCUT2D eigenvalue weighted by Crippen LogP contribution is 2.39. The van der Waals surface area contributed by atoms with Crippen LogP contribution >= 0.6 is 0 Å². The molecule has 0 bridgehead atoms. The van der Waals surface area contributed by atoms with Crippen LogP contribution in [0.5, 0.6) is 5.75 Å². The van der Waals surface area contributed by atoms with Crippen molar-refractivity contribution in [1.29, 1.82) is 0 Å². The summed E-state index contributed by atoms with van der Waals surface area (Å²) in [5, 5.41) is 0. The van der Waals surface area contributed by atoms with E-state index in [2.05, 4.69) is 18.9 Å². The summed E-state index contributed by atoms with van der Waals surface area (Å²) in [6, 6.07) is 5.87. The quantitative estimate of drug-likeness (QED) is 0.792. The summed E-state index contributed by atoms with van der Waals surface area (Å²) in [5.41, 5.74) is 7.73. The Balaban J connectivity index is 2.09. The van der Waals surface area contributed by atoms with Crippen LogP contribution in [0.25, 0.3) is 0 Å². The molecule has 0 aliphatic heterocycles. The van der Waals surface area contributed by atoms with Gasteiger partial charge < -0.3 is 15.4 Å². The average Bonchev–Trinajstić information content (AvgIpc) is 2.93. The lowest BCUT2D eigenvalue weighted by atomic mass is 10.2. The number of anilines is 2. The fourth-order valence-corrected chi connectivity index (χ4v) is 2.05. The van der Waals surface area contributed by atoms with Gasteiger partial charge in [0, 0.05) is 37.1 Å². The normalized spacial score (nSPS) is 22.9. The van der Waals surface area contributed by atoms with Crippen molar-refractivity contribution in [2.24, 2.45) is 11.8 Å². The second-order valence-electron chi connectivity index (χ2n) is 4.82. The first-order valence-corrected chi connectivity index (χ1v) is 5.76. The van der Waals surface area contributed by atoms with Crippen molar-refractivity contribution in [2.75, 3.05) is 31.3 Å². The van der Waals surface area contributed by atoms with Gasteiger partial charge in [-0.15, -0.1) is 0 Å². The van der Waals surface area contributed by atoms with Gasteiger partial charge in [0.05, 0.1) is 7.11 Å². The lowest BCUT2D eigenvalue weighted by Crippen LogP contribution is -2.20. The van der Waals surface area contributed by atoms with Crippen molar-refractivity contribution < 1.29 is 4.74 Å². The Hall–Kier alpha value is -1.38. The van der Waals surface area contributed by atoms with Gasteiger partial charge in [-0.2, -0.15) is 0 Å². The van der Waals surface area contributed by atoms with Crippen LogP contribution in [0.2, 0.25) is 0 Å². The molecule has 1 aromatic rings. The predicted molar refractivity (Wildman–Crippen MR) is 67.9 cm³/mol. The molecule has 1 aliphatic rings. The van der Waals surface area contributed by atoms with Crippen LogP contribution in [0.15, 0.2) is 18.2 Å². The van der Waals surface area contributed by atoms with Crippen molar-refractivity contribution >= 4 is 11.4 Å². The third-order valence-corrected chi connectivity index (χ3v) is 3.37. The molecule has 3 nitrogen and oxygen atoms in total. The molecule has 1 aromatic carbocycles. The number of nitrogens with zero attached hydrogens (tertiary/aromatic N) is 1. The number of methoxy groups -OCH3 is 1. The highest BCUT2D eigenvalue weighted by Gasteiger charge is 2.33. The van der Waals surface area contributed by atoms with Gasteiger partial charge in [0.1, 0.15) is 5.75 Å². The molecule has 0 saturated heterocycles. The van der Waals surface area contributed by atoms with E-state index in [1.54, 1.807) is 7.11 Å². The first kappa shape index (κ1) is 11.1. The van der Waals surface area contributed by atoms with E-state index < -0.39 is 0 Å². The molecule has 1 saturated carbocycles. The van der Waals surface area contributed by atoms with Crippen molar-refractivity contribution in [3.05, 3.63) is 18.2 Å². The largest absolute Gasteiger partial charge is 0.497 e. The van der Waals surface area contributed by atoms with Gasteiger partial charge in [-0.25, -0.2) is 0 Å². The van der Waals surface area contributed by atoms with Crippen LogP contribution in [0.3, 0.4) is 0 Å². The average molecular weight is 220 g/mol. The summed E-state index contributed by atoms with van der Waals surface area (Å²) in [7, 11) is 3.78. The van der Waals surface area contributed by atoms with Crippen LogP contribution in [-0.4, -0.2) is 20.7 Å². The minimum absolute atomic E-state index is 0.755. The first-order valence-electron chi connectivity index (χ1n) is 5.76. The lowest BCUT2D eigenvalue weighted by Gasteiger charge is -2.20. The van der Waals surface area contributed by atoms with Crippen molar-refractivity contribution in [3.8, 4) is 5.75 Å². The zero-order valence-corrected chi connectivity index (χ0v) is 10.2. The smallest absolute Gasteiger partial charge is 0.122 e. The Morgan fingerprint density at radius 2 is 2.12 bits per heavy atom. The molecule has 0 amide bonds. The Morgan fingerprint density at radius 1 is 1.44 bits per heavy atom. The van der Waals surface area contributed by atoms with E-state index in [4.69, 9.17) is 10.5 Å². The maximum absolute atomic E-state index is 5.84. The number of ether oxygens (including phenoxy) is 1. The summed E-state index contributed by atoms with van der Waals surface area (Å²) in [4.78, 5) is 2.26. The zero-order chi connectivity index (χ0) is 11.7. The van der Waals surface area contributed by atoms with Crippen molar-refractivity contribution in [1.82, 2.24) is 0 Å². The molecule has 88 valence electrons. The van der Waals surface area contributed by atoms with E-state index in [9.17, 15) is 0 Å². The monoisotopic (exact) mass is 220 g/mol. The van der Waals surface area contributed by atoms with Crippen molar-refractivity contribution in [3.63, 3.8) is 0 Å². The Morgan fingerprint density at radius 3 is 2.69 bits per heavy atom. The predicted octanol–water partition coefficient (Wildman–Crippen LogP) is 2.37. The molecule has 2 unspecified atom stereocenters. The van der Waals surface area contributed by atoms with Crippen LogP contribution in [0.1, 0.15) is 13.3 Å². The van der Waals surface area contributed by atoms with Gasteiger partial charge in [-0.05, 0) is 24.3 Å². The van der Waals surface area contributed by atoms with E-state index in [-0.39, 0.29) is 0 Å². The number of hydrogen-bond acceptors (Lipinski definition) is 3. The summed E-state index contributed by atoms with van der Waals surface area (Å²) >= 11 is 0. The topological polar surface area (TPSA) is 38.5 Å². The number of nitrogens with two attached hydrogens (primary N) is 1. The number of nitrogen functional groups attached to an aromatic ring is 1. The Labute approximate surface area is 97.2 Å². The molecular weight excluding hydrogens is 200 g/mol. The molecule has 0 spiro atoms. The van der Waals surface area contributed by atoms with Gasteiger partial charge in [0.15, 0.2) is 0 Å². The van der Waals surface area contributed by atoms with E-state index in [1.165, 1.54) is 6.42 Å². The third-order valence-electron chi connectivity index (χ3n) is 3.37. The van der Waals surface area contributed by atoms with E-state index in [0.717, 1.165) is 35.5 Å². The Kier molecular flexibility index (Phi) is 2.95. The van der Waals surface area contributed by atoms with Crippen LogP contribution in [0.4, 0.5) is 11.4 Å². The van der Waals surface area contributed by atoms with Crippen LogP contribution in [0, 0.1) is 11.8 Å². The molecule has 2 N–H and O–H groups in total. The first-order chi connectivity index (χ1) is 7.60. The van der Waals surface area contributed by atoms with Gasteiger partial charge >= 0.3 is 0 Å². The van der Waals surface area contributed by atoms with Gasteiger partial charge in [-0.1, -0.05) is 6.92 Å². The maximum atomic E-state index is 5.84. The second kappa shape index (κ2) is 4.24. The molecule has 3 heteroatoms. The molecule has 16 heavy (non-hydrogen) atoms. The molecule has 2 atom stereocenters. The molecule has 0 heterocycles. The number of benzene rings is 1. The Bertz CT molecular complexity index is 378.